The first kappa shape index (κ1) is 14.2. The van der Waals surface area contributed by atoms with Gasteiger partial charge in [-0.1, -0.05) is 50.2 Å². The van der Waals surface area contributed by atoms with Gasteiger partial charge in [0.15, 0.2) is 11.6 Å². The fourth-order valence-electron chi connectivity index (χ4n) is 5.99. The van der Waals surface area contributed by atoms with Gasteiger partial charge in [0.25, 0.3) is 0 Å². The summed E-state index contributed by atoms with van der Waals surface area (Å²) in [6.45, 7) is 7.68. The second-order valence-corrected chi connectivity index (χ2v) is 8.06. The molecule has 0 N–H and O–H groups in total. The van der Waals surface area contributed by atoms with Crippen LogP contribution in [-0.2, 0) is 9.59 Å². The first-order valence-corrected chi connectivity index (χ1v) is 8.63. The van der Waals surface area contributed by atoms with E-state index in [-0.39, 0.29) is 23.4 Å². The van der Waals surface area contributed by atoms with Crippen LogP contribution in [0.25, 0.3) is 10.8 Å². The zero-order valence-corrected chi connectivity index (χ0v) is 14.4. The van der Waals surface area contributed by atoms with Crippen molar-refractivity contribution in [3.05, 3.63) is 58.7 Å². The number of carbonyl (C=O) groups is 2. The van der Waals surface area contributed by atoms with Gasteiger partial charge in [0.1, 0.15) is 0 Å². The van der Waals surface area contributed by atoms with Crippen LogP contribution in [0, 0.1) is 10.8 Å². The van der Waals surface area contributed by atoms with Crippen molar-refractivity contribution in [2.75, 3.05) is 0 Å². The number of benzene rings is 2. The van der Waals surface area contributed by atoms with E-state index in [0.717, 1.165) is 0 Å². The third kappa shape index (κ3) is 1.12. The van der Waals surface area contributed by atoms with Crippen molar-refractivity contribution in [2.24, 2.45) is 10.8 Å². The van der Waals surface area contributed by atoms with Crippen molar-refractivity contribution in [1.29, 1.82) is 0 Å². The van der Waals surface area contributed by atoms with E-state index in [1.165, 1.54) is 21.9 Å². The van der Waals surface area contributed by atoms with Crippen LogP contribution in [0.15, 0.2) is 47.5 Å². The number of Topliss-reactive ketones (excluding diaryl/α,β-unsaturated/α-hetero) is 2. The van der Waals surface area contributed by atoms with E-state index in [0.29, 0.717) is 11.1 Å². The molecule has 1 saturated carbocycles. The van der Waals surface area contributed by atoms with Crippen LogP contribution in [0.2, 0.25) is 0 Å². The number of ketones is 2. The molecule has 0 heterocycles. The second kappa shape index (κ2) is 3.88. The smallest absolute Gasteiger partial charge is 0.166 e. The SMILES string of the molecule is CC1=C(C)C(=O)C2(C)[C@H]3c4cccc5cccc(c45)[C@H]3C2(C)C1=O. The van der Waals surface area contributed by atoms with Gasteiger partial charge in [-0.2, -0.15) is 0 Å². The second-order valence-electron chi connectivity index (χ2n) is 8.06. The zero-order valence-electron chi connectivity index (χ0n) is 14.4. The van der Waals surface area contributed by atoms with Crippen LogP contribution in [0.3, 0.4) is 0 Å². The van der Waals surface area contributed by atoms with Crippen molar-refractivity contribution < 1.29 is 9.59 Å². The van der Waals surface area contributed by atoms with Crippen molar-refractivity contribution in [2.45, 2.75) is 39.5 Å². The molecule has 2 nitrogen and oxygen atoms in total. The van der Waals surface area contributed by atoms with Gasteiger partial charge < -0.3 is 0 Å². The molecule has 0 aliphatic heterocycles. The summed E-state index contributed by atoms with van der Waals surface area (Å²) in [6, 6.07) is 12.7. The van der Waals surface area contributed by atoms with E-state index in [9.17, 15) is 9.59 Å². The summed E-state index contributed by atoms with van der Waals surface area (Å²) < 4.78 is 0. The Bertz CT molecular complexity index is 935. The Morgan fingerprint density at radius 1 is 0.750 bits per heavy atom. The third-order valence-electron chi connectivity index (χ3n) is 7.48. The fraction of sp³-hybridized carbons (Fsp3) is 0.364. The first-order valence-electron chi connectivity index (χ1n) is 8.63. The molecule has 3 aliphatic carbocycles. The summed E-state index contributed by atoms with van der Waals surface area (Å²) >= 11 is 0. The van der Waals surface area contributed by atoms with Crippen LogP contribution < -0.4 is 0 Å². The molecule has 120 valence electrons. The molecule has 4 atom stereocenters. The molecular weight excluding hydrogens is 296 g/mol. The molecule has 2 aromatic carbocycles. The lowest BCUT2D eigenvalue weighted by Gasteiger charge is -2.65. The minimum atomic E-state index is -0.633. The fourth-order valence-corrected chi connectivity index (χ4v) is 5.99. The van der Waals surface area contributed by atoms with Crippen LogP contribution in [0.4, 0.5) is 0 Å². The minimum Gasteiger partial charge on any atom is -0.294 e. The highest BCUT2D eigenvalue weighted by Gasteiger charge is 2.77. The van der Waals surface area contributed by atoms with E-state index in [1.54, 1.807) is 0 Å². The molecular formula is C22H20O2. The van der Waals surface area contributed by atoms with Gasteiger partial charge >= 0.3 is 0 Å². The highest BCUT2D eigenvalue weighted by Crippen LogP contribution is 2.78. The van der Waals surface area contributed by atoms with Gasteiger partial charge in [-0.05, 0) is 46.9 Å². The van der Waals surface area contributed by atoms with Crippen LogP contribution in [-0.4, -0.2) is 11.6 Å². The predicted molar refractivity (Wildman–Crippen MR) is 94.0 cm³/mol. The summed E-state index contributed by atoms with van der Waals surface area (Å²) in [5.41, 5.74) is 2.54. The van der Waals surface area contributed by atoms with Crippen molar-refractivity contribution in [3.63, 3.8) is 0 Å². The molecule has 0 amide bonds. The highest BCUT2D eigenvalue weighted by atomic mass is 16.1. The monoisotopic (exact) mass is 316 g/mol. The van der Waals surface area contributed by atoms with Crippen LogP contribution >= 0.6 is 0 Å². The lowest BCUT2D eigenvalue weighted by molar-refractivity contribution is -0.169. The van der Waals surface area contributed by atoms with Crippen LogP contribution in [0.1, 0.15) is 50.7 Å². The lowest BCUT2D eigenvalue weighted by atomic mass is 9.34. The molecule has 2 heteroatoms. The largest absolute Gasteiger partial charge is 0.294 e. The Morgan fingerprint density at radius 3 is 1.58 bits per heavy atom. The molecule has 2 unspecified atom stereocenters. The molecule has 0 radical (unpaired) electrons. The number of hydrogen-bond acceptors (Lipinski definition) is 2. The van der Waals surface area contributed by atoms with E-state index in [1.807, 2.05) is 27.7 Å². The minimum absolute atomic E-state index is 0.114. The summed E-state index contributed by atoms with van der Waals surface area (Å²) in [5.74, 6) is 0.549. The highest BCUT2D eigenvalue weighted by molar-refractivity contribution is 6.20. The molecule has 3 aliphatic rings. The quantitative estimate of drug-likeness (QED) is 0.715. The van der Waals surface area contributed by atoms with Crippen molar-refractivity contribution in [1.82, 2.24) is 0 Å². The van der Waals surface area contributed by atoms with Crippen molar-refractivity contribution >= 4 is 22.3 Å². The summed E-state index contributed by atoms with van der Waals surface area (Å²) in [6.07, 6.45) is 0. The normalized spacial score (nSPS) is 36.7. The Kier molecular flexibility index (Phi) is 2.29. The topological polar surface area (TPSA) is 34.1 Å². The maximum Gasteiger partial charge on any atom is 0.166 e. The number of carbonyl (C=O) groups excluding carboxylic acids is 2. The van der Waals surface area contributed by atoms with E-state index in [4.69, 9.17) is 0 Å². The molecule has 1 fully saturated rings. The average molecular weight is 316 g/mol. The Balaban J connectivity index is 1.88. The summed E-state index contributed by atoms with van der Waals surface area (Å²) in [4.78, 5) is 26.5. The molecule has 0 saturated heterocycles. The molecule has 0 aromatic heterocycles. The summed E-state index contributed by atoms with van der Waals surface area (Å²) in [7, 11) is 0. The average Bonchev–Trinajstić information content (AvgIpc) is 2.92. The molecule has 0 bridgehead atoms. The standard InChI is InChI=1S/C22H20O2/c1-11-12(2)20(24)22(4)18-15-10-6-8-13-7-5-9-14(16(13)15)17(18)21(22,3)19(11)23/h5-10,17-18H,1-4H3/t17-,18+,21?,22?. The van der Waals surface area contributed by atoms with Gasteiger partial charge in [-0.15, -0.1) is 0 Å². The first-order chi connectivity index (χ1) is 11.3. The Hall–Kier alpha value is -2.22. The molecule has 2 aromatic rings. The zero-order chi connectivity index (χ0) is 17.0. The van der Waals surface area contributed by atoms with Gasteiger partial charge in [0, 0.05) is 11.8 Å². The van der Waals surface area contributed by atoms with E-state index in [2.05, 4.69) is 36.4 Å². The predicted octanol–water partition coefficient (Wildman–Crippen LogP) is 4.54. The molecule has 5 rings (SSSR count). The molecule has 24 heavy (non-hydrogen) atoms. The number of allylic oxidation sites excluding steroid dienone is 2. The number of hydrogen-bond donors (Lipinski definition) is 0. The Morgan fingerprint density at radius 2 is 1.17 bits per heavy atom. The van der Waals surface area contributed by atoms with Crippen LogP contribution in [0.5, 0.6) is 0 Å². The maximum absolute atomic E-state index is 13.3. The van der Waals surface area contributed by atoms with Gasteiger partial charge in [0.05, 0.1) is 10.8 Å². The van der Waals surface area contributed by atoms with E-state index >= 15 is 0 Å². The van der Waals surface area contributed by atoms with Gasteiger partial charge in [-0.3, -0.25) is 9.59 Å². The third-order valence-corrected chi connectivity index (χ3v) is 7.48. The van der Waals surface area contributed by atoms with Gasteiger partial charge in [0.2, 0.25) is 0 Å². The lowest BCUT2D eigenvalue weighted by Crippen LogP contribution is -2.68. The number of rotatable bonds is 0. The van der Waals surface area contributed by atoms with Gasteiger partial charge in [-0.25, -0.2) is 0 Å². The summed E-state index contributed by atoms with van der Waals surface area (Å²) in [5, 5.41) is 2.48. The number of fused-ring (bicyclic) bond motifs is 6. The van der Waals surface area contributed by atoms with Crippen molar-refractivity contribution in [3.8, 4) is 0 Å². The maximum atomic E-state index is 13.3. The van der Waals surface area contributed by atoms with E-state index < -0.39 is 10.8 Å². The Labute approximate surface area is 141 Å². The molecule has 0 spiro atoms.